The molecule has 1 heterocycles. The Labute approximate surface area is 101 Å². The number of non-ortho nitro benzene ring substituents is 1. The van der Waals surface area contributed by atoms with Crippen LogP contribution in [0.4, 0.5) is 20.2 Å². The Balaban J connectivity index is 2.37. The second kappa shape index (κ2) is 4.82. The minimum atomic E-state index is -2.79. The fraction of sp³-hybridized carbons (Fsp3) is 0.0909. The van der Waals surface area contributed by atoms with Gasteiger partial charge in [0.2, 0.25) is 0 Å². The van der Waals surface area contributed by atoms with Crippen LogP contribution in [0.25, 0.3) is 0 Å². The Bertz CT molecular complexity index is 555. The van der Waals surface area contributed by atoms with Gasteiger partial charge in [-0.1, -0.05) is 0 Å². The van der Waals surface area contributed by atoms with Gasteiger partial charge in [0.25, 0.3) is 12.1 Å². The van der Waals surface area contributed by atoms with Crippen LogP contribution in [0.3, 0.4) is 0 Å². The van der Waals surface area contributed by atoms with Crippen LogP contribution >= 0.6 is 0 Å². The van der Waals surface area contributed by atoms with Crippen molar-refractivity contribution < 1.29 is 13.7 Å². The van der Waals surface area contributed by atoms with Gasteiger partial charge in [-0.2, -0.15) is 0 Å². The predicted molar refractivity (Wildman–Crippen MR) is 61.5 cm³/mol. The third-order valence-corrected chi connectivity index (χ3v) is 2.34. The van der Waals surface area contributed by atoms with Gasteiger partial charge in [-0.25, -0.2) is 8.78 Å². The maximum atomic E-state index is 12.8. The maximum Gasteiger partial charge on any atom is 0.270 e. The summed E-state index contributed by atoms with van der Waals surface area (Å²) in [6, 6.07) is 6.76. The first-order chi connectivity index (χ1) is 8.58. The van der Waals surface area contributed by atoms with E-state index in [2.05, 4.69) is 5.43 Å². The van der Waals surface area contributed by atoms with E-state index in [0.717, 1.165) is 6.07 Å². The lowest BCUT2D eigenvalue weighted by atomic mass is 10.1. The summed E-state index contributed by atoms with van der Waals surface area (Å²) >= 11 is 0. The minimum Gasteiger partial charge on any atom is -0.294 e. The topological polar surface area (TPSA) is 60.1 Å². The lowest BCUT2D eigenvalue weighted by molar-refractivity contribution is -0.385. The summed E-state index contributed by atoms with van der Waals surface area (Å²) in [4.78, 5) is 9.84. The number of anilines is 1. The van der Waals surface area contributed by atoms with Crippen LogP contribution in [0.5, 0.6) is 0 Å². The molecule has 0 unspecified atom stereocenters. The molecule has 94 valence electrons. The van der Waals surface area contributed by atoms with Gasteiger partial charge < -0.3 is 0 Å². The van der Waals surface area contributed by atoms with Crippen molar-refractivity contribution in [3.8, 4) is 0 Å². The summed E-state index contributed by atoms with van der Waals surface area (Å²) in [7, 11) is 0. The van der Waals surface area contributed by atoms with Crippen molar-refractivity contribution in [2.75, 3.05) is 5.43 Å². The van der Waals surface area contributed by atoms with Crippen LogP contribution in [0.1, 0.15) is 12.0 Å². The van der Waals surface area contributed by atoms with Crippen molar-refractivity contribution in [3.63, 3.8) is 0 Å². The van der Waals surface area contributed by atoms with Crippen LogP contribution in [0.15, 0.2) is 42.7 Å². The number of benzene rings is 1. The first kappa shape index (κ1) is 12.0. The summed E-state index contributed by atoms with van der Waals surface area (Å²) < 4.78 is 27.1. The first-order valence-electron chi connectivity index (χ1n) is 5.04. The van der Waals surface area contributed by atoms with Crippen molar-refractivity contribution >= 4 is 11.4 Å². The van der Waals surface area contributed by atoms with Crippen LogP contribution in [0, 0.1) is 10.1 Å². The lowest BCUT2D eigenvalue weighted by Gasteiger charge is -2.12. The summed E-state index contributed by atoms with van der Waals surface area (Å²) in [6.45, 7) is 0. The standard InChI is InChI=1S/C11H9F2N3O2/c12-11(13)9-7-8(16(17)18)3-4-10(9)14-15-5-1-2-6-15/h1-7,11,14H. The number of aromatic nitrogens is 1. The lowest BCUT2D eigenvalue weighted by Crippen LogP contribution is -2.08. The molecule has 0 radical (unpaired) electrons. The van der Waals surface area contributed by atoms with E-state index < -0.39 is 16.9 Å². The average Bonchev–Trinajstić information content (AvgIpc) is 2.81. The number of nitro benzene ring substituents is 1. The molecule has 2 rings (SSSR count). The number of nitrogens with one attached hydrogen (secondary N) is 1. The van der Waals surface area contributed by atoms with Gasteiger partial charge in [0, 0.05) is 30.1 Å². The third kappa shape index (κ3) is 2.45. The van der Waals surface area contributed by atoms with E-state index in [0.29, 0.717) is 0 Å². The Morgan fingerprint density at radius 1 is 1.28 bits per heavy atom. The van der Waals surface area contributed by atoms with Crippen LogP contribution in [-0.4, -0.2) is 9.60 Å². The highest BCUT2D eigenvalue weighted by atomic mass is 19.3. The summed E-state index contributed by atoms with van der Waals surface area (Å²) in [6.07, 6.45) is 0.482. The first-order valence-corrected chi connectivity index (χ1v) is 5.04. The van der Waals surface area contributed by atoms with Gasteiger partial charge in [0.15, 0.2) is 0 Å². The molecule has 0 saturated heterocycles. The number of nitro groups is 1. The molecule has 0 saturated carbocycles. The number of halogens is 2. The monoisotopic (exact) mass is 253 g/mol. The number of alkyl halides is 2. The maximum absolute atomic E-state index is 12.8. The molecule has 0 aliphatic rings. The largest absolute Gasteiger partial charge is 0.294 e. The van der Waals surface area contributed by atoms with E-state index in [1.54, 1.807) is 24.5 Å². The molecule has 0 spiro atoms. The van der Waals surface area contributed by atoms with Gasteiger partial charge in [-0.3, -0.25) is 20.2 Å². The zero-order valence-electron chi connectivity index (χ0n) is 9.09. The molecule has 2 aromatic rings. The Morgan fingerprint density at radius 3 is 2.50 bits per heavy atom. The fourth-order valence-electron chi connectivity index (χ4n) is 1.49. The summed E-state index contributed by atoms with van der Waals surface area (Å²) in [5, 5.41) is 10.5. The van der Waals surface area contributed by atoms with Crippen molar-refractivity contribution in [2.24, 2.45) is 0 Å². The zero-order chi connectivity index (χ0) is 13.1. The predicted octanol–water partition coefficient (Wildman–Crippen LogP) is 3.21. The molecule has 0 aliphatic heterocycles. The van der Waals surface area contributed by atoms with Crippen molar-refractivity contribution in [1.29, 1.82) is 0 Å². The SMILES string of the molecule is O=[N+]([O-])c1ccc(Nn2cccc2)c(C(F)F)c1. The summed E-state index contributed by atoms with van der Waals surface area (Å²) in [5.41, 5.74) is 2.08. The zero-order valence-corrected chi connectivity index (χ0v) is 9.09. The van der Waals surface area contributed by atoms with Gasteiger partial charge in [0.1, 0.15) is 0 Å². The highest BCUT2D eigenvalue weighted by Gasteiger charge is 2.17. The number of rotatable bonds is 4. The Morgan fingerprint density at radius 2 is 1.94 bits per heavy atom. The molecular formula is C11H9F2N3O2. The molecule has 0 fully saturated rings. The summed E-state index contributed by atoms with van der Waals surface area (Å²) in [5.74, 6) is 0. The Hall–Kier alpha value is -2.44. The van der Waals surface area contributed by atoms with E-state index in [1.807, 2.05) is 0 Å². The molecule has 5 nitrogen and oxygen atoms in total. The molecule has 0 bridgehead atoms. The molecule has 1 N–H and O–H groups in total. The Kier molecular flexibility index (Phi) is 3.22. The van der Waals surface area contributed by atoms with Crippen molar-refractivity contribution in [3.05, 3.63) is 58.4 Å². The second-order valence-corrected chi connectivity index (χ2v) is 3.53. The van der Waals surface area contributed by atoms with E-state index >= 15 is 0 Å². The number of hydrogen-bond acceptors (Lipinski definition) is 3. The quantitative estimate of drug-likeness (QED) is 0.672. The van der Waals surface area contributed by atoms with E-state index in [-0.39, 0.29) is 11.4 Å². The molecule has 0 atom stereocenters. The van der Waals surface area contributed by atoms with Crippen LogP contribution in [0.2, 0.25) is 0 Å². The highest BCUT2D eigenvalue weighted by molar-refractivity contribution is 5.56. The smallest absolute Gasteiger partial charge is 0.270 e. The fourth-order valence-corrected chi connectivity index (χ4v) is 1.49. The van der Waals surface area contributed by atoms with E-state index in [4.69, 9.17) is 0 Å². The molecule has 18 heavy (non-hydrogen) atoms. The number of hydrogen-bond donors (Lipinski definition) is 1. The molecule has 0 amide bonds. The second-order valence-electron chi connectivity index (χ2n) is 3.53. The molecular weight excluding hydrogens is 244 g/mol. The minimum absolute atomic E-state index is 0.131. The van der Waals surface area contributed by atoms with Gasteiger partial charge in [-0.05, 0) is 18.2 Å². The molecule has 1 aromatic heterocycles. The van der Waals surface area contributed by atoms with Crippen LogP contribution in [-0.2, 0) is 0 Å². The van der Waals surface area contributed by atoms with Gasteiger partial charge >= 0.3 is 0 Å². The normalized spacial score (nSPS) is 10.6. The third-order valence-electron chi connectivity index (χ3n) is 2.34. The molecule has 1 aromatic carbocycles. The van der Waals surface area contributed by atoms with Gasteiger partial charge in [-0.15, -0.1) is 0 Å². The van der Waals surface area contributed by atoms with E-state index in [1.165, 1.54) is 16.8 Å². The molecule has 7 heteroatoms. The van der Waals surface area contributed by atoms with Crippen molar-refractivity contribution in [1.82, 2.24) is 4.68 Å². The molecule has 0 aliphatic carbocycles. The van der Waals surface area contributed by atoms with Crippen LogP contribution < -0.4 is 5.43 Å². The average molecular weight is 253 g/mol. The van der Waals surface area contributed by atoms with Gasteiger partial charge in [0.05, 0.1) is 10.6 Å². The van der Waals surface area contributed by atoms with Crippen molar-refractivity contribution in [2.45, 2.75) is 6.43 Å². The van der Waals surface area contributed by atoms with E-state index in [9.17, 15) is 18.9 Å². The highest BCUT2D eigenvalue weighted by Crippen LogP contribution is 2.30. The number of nitrogens with zero attached hydrogens (tertiary/aromatic N) is 2.